The Morgan fingerprint density at radius 2 is 2.00 bits per heavy atom. The van der Waals surface area contributed by atoms with Crippen LogP contribution in [0.25, 0.3) is 0 Å². The van der Waals surface area contributed by atoms with Crippen LogP contribution in [-0.4, -0.2) is 28.1 Å². The van der Waals surface area contributed by atoms with E-state index in [4.69, 9.17) is 9.47 Å². The molecule has 2 aromatic rings. The van der Waals surface area contributed by atoms with E-state index in [-0.39, 0.29) is 0 Å². The monoisotopic (exact) mass is 252 g/mol. The van der Waals surface area contributed by atoms with Crippen molar-refractivity contribution in [2.24, 2.45) is 0 Å². The van der Waals surface area contributed by atoms with Gasteiger partial charge in [0, 0.05) is 0 Å². The maximum Gasteiger partial charge on any atom is 0.161 e. The first kappa shape index (κ1) is 11.8. The Morgan fingerprint density at radius 3 is 2.59 bits per heavy atom. The molecular formula is C11H12N2O3S. The minimum Gasteiger partial charge on any atom is -0.493 e. The van der Waals surface area contributed by atoms with Crippen molar-refractivity contribution < 1.29 is 14.6 Å². The standard InChI is InChI=1S/C11H12N2O3S/c1-15-9-4-3-7(5-10(9)16-2)11(14)8-6-12-17-13-8/h3-6,11,14H,1-2H3. The Labute approximate surface area is 103 Å². The summed E-state index contributed by atoms with van der Waals surface area (Å²) in [6.07, 6.45) is 0.750. The lowest BCUT2D eigenvalue weighted by atomic mass is 10.1. The molecule has 0 saturated carbocycles. The van der Waals surface area contributed by atoms with Gasteiger partial charge in [0.2, 0.25) is 0 Å². The van der Waals surface area contributed by atoms with Gasteiger partial charge in [-0.25, -0.2) is 0 Å². The van der Waals surface area contributed by atoms with Gasteiger partial charge in [-0.3, -0.25) is 0 Å². The van der Waals surface area contributed by atoms with Crippen molar-refractivity contribution in [2.45, 2.75) is 6.10 Å². The second-order valence-electron chi connectivity index (χ2n) is 3.35. The third kappa shape index (κ3) is 2.37. The van der Waals surface area contributed by atoms with Crippen LogP contribution >= 0.6 is 11.7 Å². The Morgan fingerprint density at radius 1 is 1.24 bits per heavy atom. The fourth-order valence-electron chi connectivity index (χ4n) is 1.49. The van der Waals surface area contributed by atoms with Crippen LogP contribution in [0.3, 0.4) is 0 Å². The highest BCUT2D eigenvalue weighted by Crippen LogP contribution is 2.31. The Balaban J connectivity index is 2.33. The van der Waals surface area contributed by atoms with Crippen molar-refractivity contribution in [3.63, 3.8) is 0 Å². The summed E-state index contributed by atoms with van der Waals surface area (Å²) in [4.78, 5) is 0. The number of hydrogen-bond donors (Lipinski definition) is 1. The van der Waals surface area contributed by atoms with Gasteiger partial charge in [0.05, 0.1) is 32.1 Å². The van der Waals surface area contributed by atoms with E-state index in [9.17, 15) is 5.11 Å². The molecule has 0 spiro atoms. The first-order chi connectivity index (χ1) is 8.26. The number of ether oxygens (including phenoxy) is 2. The quantitative estimate of drug-likeness (QED) is 0.896. The average Bonchev–Trinajstić information content (AvgIpc) is 2.90. The molecule has 0 radical (unpaired) electrons. The molecular weight excluding hydrogens is 240 g/mol. The molecule has 1 aromatic heterocycles. The fourth-order valence-corrected chi connectivity index (χ4v) is 1.93. The number of nitrogens with zero attached hydrogens (tertiary/aromatic N) is 2. The summed E-state index contributed by atoms with van der Waals surface area (Å²) in [7, 11) is 3.12. The van der Waals surface area contributed by atoms with Gasteiger partial charge in [-0.15, -0.1) is 0 Å². The van der Waals surface area contributed by atoms with Crippen LogP contribution in [0.1, 0.15) is 17.4 Å². The van der Waals surface area contributed by atoms with E-state index in [2.05, 4.69) is 8.75 Å². The molecule has 6 heteroatoms. The molecule has 0 saturated heterocycles. The van der Waals surface area contributed by atoms with Gasteiger partial charge >= 0.3 is 0 Å². The molecule has 1 unspecified atom stereocenters. The number of benzene rings is 1. The van der Waals surface area contributed by atoms with Gasteiger partial charge in [0.1, 0.15) is 11.8 Å². The lowest BCUT2D eigenvalue weighted by molar-refractivity contribution is 0.215. The largest absolute Gasteiger partial charge is 0.493 e. The van der Waals surface area contributed by atoms with Crippen molar-refractivity contribution in [1.82, 2.24) is 8.75 Å². The molecule has 0 amide bonds. The molecule has 1 N–H and O–H groups in total. The second kappa shape index (κ2) is 5.11. The number of aliphatic hydroxyl groups is 1. The van der Waals surface area contributed by atoms with Crippen LogP contribution in [0.15, 0.2) is 24.4 Å². The molecule has 1 aromatic carbocycles. The van der Waals surface area contributed by atoms with Crippen LogP contribution in [0, 0.1) is 0 Å². The minimum atomic E-state index is -0.798. The maximum atomic E-state index is 10.1. The molecule has 0 bridgehead atoms. The molecule has 0 aliphatic carbocycles. The van der Waals surface area contributed by atoms with Crippen LogP contribution in [0.5, 0.6) is 11.5 Å². The van der Waals surface area contributed by atoms with Gasteiger partial charge in [-0.2, -0.15) is 8.75 Å². The van der Waals surface area contributed by atoms with Gasteiger partial charge in [0.15, 0.2) is 11.5 Å². The molecule has 1 atom stereocenters. The summed E-state index contributed by atoms with van der Waals surface area (Å²) in [5.74, 6) is 1.20. The zero-order valence-electron chi connectivity index (χ0n) is 9.45. The average molecular weight is 252 g/mol. The Bertz CT molecular complexity index is 487. The highest BCUT2D eigenvalue weighted by Gasteiger charge is 2.15. The highest BCUT2D eigenvalue weighted by atomic mass is 32.1. The third-order valence-corrected chi connectivity index (χ3v) is 2.87. The Hall–Kier alpha value is -1.66. The van der Waals surface area contributed by atoms with E-state index >= 15 is 0 Å². The van der Waals surface area contributed by atoms with E-state index in [1.54, 1.807) is 38.6 Å². The lowest BCUT2D eigenvalue weighted by Crippen LogP contribution is -2.01. The van der Waals surface area contributed by atoms with Gasteiger partial charge in [-0.05, 0) is 17.7 Å². The smallest absolute Gasteiger partial charge is 0.161 e. The predicted octanol–water partition coefficient (Wildman–Crippen LogP) is 1.64. The third-order valence-electron chi connectivity index (χ3n) is 2.38. The number of rotatable bonds is 4. The molecule has 0 fully saturated rings. The predicted molar refractivity (Wildman–Crippen MR) is 63.5 cm³/mol. The zero-order valence-corrected chi connectivity index (χ0v) is 10.3. The van der Waals surface area contributed by atoms with Crippen molar-refractivity contribution in [1.29, 1.82) is 0 Å². The number of hydrogen-bond acceptors (Lipinski definition) is 6. The van der Waals surface area contributed by atoms with Crippen LogP contribution in [0.2, 0.25) is 0 Å². The van der Waals surface area contributed by atoms with Crippen molar-refractivity contribution in [2.75, 3.05) is 14.2 Å². The second-order valence-corrected chi connectivity index (χ2v) is 3.91. The molecule has 90 valence electrons. The molecule has 2 rings (SSSR count). The SMILES string of the molecule is COc1ccc(C(O)c2cnsn2)cc1OC. The maximum absolute atomic E-state index is 10.1. The highest BCUT2D eigenvalue weighted by molar-refractivity contribution is 6.99. The van der Waals surface area contributed by atoms with Crippen LogP contribution < -0.4 is 9.47 Å². The number of aliphatic hydroxyl groups excluding tert-OH is 1. The van der Waals surface area contributed by atoms with E-state index in [0.717, 1.165) is 11.7 Å². The summed E-state index contributed by atoms with van der Waals surface area (Å²) in [5.41, 5.74) is 1.22. The number of methoxy groups -OCH3 is 2. The molecule has 0 aliphatic rings. The van der Waals surface area contributed by atoms with Crippen LogP contribution in [0.4, 0.5) is 0 Å². The summed E-state index contributed by atoms with van der Waals surface area (Å²) >= 11 is 1.06. The van der Waals surface area contributed by atoms with Crippen molar-refractivity contribution >= 4 is 11.7 Å². The minimum absolute atomic E-state index is 0.530. The first-order valence-electron chi connectivity index (χ1n) is 4.93. The van der Waals surface area contributed by atoms with E-state index in [0.29, 0.717) is 22.8 Å². The van der Waals surface area contributed by atoms with Crippen molar-refractivity contribution in [3.8, 4) is 11.5 Å². The van der Waals surface area contributed by atoms with E-state index in [1.807, 2.05) is 0 Å². The fraction of sp³-hybridized carbons (Fsp3) is 0.273. The summed E-state index contributed by atoms with van der Waals surface area (Å²) in [6.45, 7) is 0. The normalized spacial score (nSPS) is 12.2. The summed E-state index contributed by atoms with van der Waals surface area (Å²) in [6, 6.07) is 5.24. The topological polar surface area (TPSA) is 64.5 Å². The number of aromatic nitrogens is 2. The van der Waals surface area contributed by atoms with Gasteiger partial charge in [0.25, 0.3) is 0 Å². The van der Waals surface area contributed by atoms with E-state index < -0.39 is 6.10 Å². The summed E-state index contributed by atoms with van der Waals surface area (Å²) in [5, 5.41) is 10.1. The van der Waals surface area contributed by atoms with Gasteiger partial charge in [-0.1, -0.05) is 6.07 Å². The molecule has 17 heavy (non-hydrogen) atoms. The Kier molecular flexibility index (Phi) is 3.55. The van der Waals surface area contributed by atoms with Crippen molar-refractivity contribution in [3.05, 3.63) is 35.7 Å². The van der Waals surface area contributed by atoms with Gasteiger partial charge < -0.3 is 14.6 Å². The van der Waals surface area contributed by atoms with E-state index in [1.165, 1.54) is 0 Å². The molecule has 0 aliphatic heterocycles. The lowest BCUT2D eigenvalue weighted by Gasteiger charge is -2.12. The van der Waals surface area contributed by atoms with Crippen LogP contribution in [-0.2, 0) is 0 Å². The summed E-state index contributed by atoms with van der Waals surface area (Å²) < 4.78 is 18.2. The first-order valence-corrected chi connectivity index (χ1v) is 5.66. The molecule has 1 heterocycles. The zero-order chi connectivity index (χ0) is 12.3. The molecule has 5 nitrogen and oxygen atoms in total.